The number of ether oxygens (including phenoxy) is 1. The van der Waals surface area contributed by atoms with E-state index in [0.717, 1.165) is 13.1 Å². The molecule has 0 unspecified atom stereocenters. The van der Waals surface area contributed by atoms with Crippen LogP contribution in [0.15, 0.2) is 12.1 Å². The van der Waals surface area contributed by atoms with E-state index in [0.29, 0.717) is 24.5 Å². The highest BCUT2D eigenvalue weighted by Gasteiger charge is 2.29. The van der Waals surface area contributed by atoms with E-state index in [1.165, 1.54) is 6.07 Å². The number of nitrogens with zero attached hydrogens (tertiary/aromatic N) is 3. The lowest BCUT2D eigenvalue weighted by molar-refractivity contribution is -0.154. The van der Waals surface area contributed by atoms with Crippen LogP contribution in [0.2, 0.25) is 0 Å². The molecule has 1 aromatic rings. The van der Waals surface area contributed by atoms with E-state index in [9.17, 15) is 18.3 Å². The van der Waals surface area contributed by atoms with Crippen LogP contribution in [0.3, 0.4) is 0 Å². The van der Waals surface area contributed by atoms with Crippen LogP contribution < -0.4 is 9.64 Å². The Kier molecular flexibility index (Phi) is 4.89. The largest absolute Gasteiger partial charge is 0.468 e. The third-order valence-corrected chi connectivity index (χ3v) is 3.29. The van der Waals surface area contributed by atoms with Crippen LogP contribution >= 0.6 is 0 Å². The first-order valence-corrected chi connectivity index (χ1v) is 6.63. The van der Waals surface area contributed by atoms with Crippen molar-refractivity contribution in [3.63, 3.8) is 0 Å². The Labute approximate surface area is 120 Å². The summed E-state index contributed by atoms with van der Waals surface area (Å²) in [7, 11) is 2.00. The van der Waals surface area contributed by atoms with Crippen LogP contribution in [-0.2, 0) is 6.61 Å². The van der Waals surface area contributed by atoms with E-state index in [-0.39, 0.29) is 12.5 Å². The third-order valence-electron chi connectivity index (χ3n) is 3.29. The molecular formula is C13H18F3N3O2. The van der Waals surface area contributed by atoms with Gasteiger partial charge in [0.05, 0.1) is 6.61 Å². The van der Waals surface area contributed by atoms with Crippen molar-refractivity contribution in [3.8, 4) is 5.88 Å². The summed E-state index contributed by atoms with van der Waals surface area (Å²) in [6, 6.07) is 2.89. The smallest absolute Gasteiger partial charge is 0.422 e. The summed E-state index contributed by atoms with van der Waals surface area (Å²) < 4.78 is 41.2. The second-order valence-electron chi connectivity index (χ2n) is 4.98. The second-order valence-corrected chi connectivity index (χ2v) is 4.98. The van der Waals surface area contributed by atoms with Crippen molar-refractivity contribution < 1.29 is 23.0 Å². The van der Waals surface area contributed by atoms with E-state index in [1.807, 2.05) is 11.9 Å². The topological polar surface area (TPSA) is 48.8 Å². The van der Waals surface area contributed by atoms with Crippen molar-refractivity contribution in [1.82, 2.24) is 9.88 Å². The van der Waals surface area contributed by atoms with Crippen molar-refractivity contribution in [2.45, 2.75) is 12.8 Å². The lowest BCUT2D eigenvalue weighted by atomic mass is 10.2. The molecule has 2 heterocycles. The number of aromatic nitrogens is 1. The summed E-state index contributed by atoms with van der Waals surface area (Å²) >= 11 is 0. The van der Waals surface area contributed by atoms with Crippen molar-refractivity contribution in [2.24, 2.45) is 0 Å². The maximum absolute atomic E-state index is 12.2. The molecule has 118 valence electrons. The van der Waals surface area contributed by atoms with Gasteiger partial charge in [-0.15, -0.1) is 0 Å². The quantitative estimate of drug-likeness (QED) is 0.908. The van der Waals surface area contributed by atoms with Crippen LogP contribution in [0.25, 0.3) is 0 Å². The number of rotatable bonds is 4. The first kappa shape index (κ1) is 15.8. The fourth-order valence-corrected chi connectivity index (χ4v) is 2.11. The van der Waals surface area contributed by atoms with Gasteiger partial charge in [-0.05, 0) is 13.1 Å². The number of hydrogen-bond donors (Lipinski definition) is 1. The Bertz CT molecular complexity index is 474. The minimum Gasteiger partial charge on any atom is -0.468 e. The molecule has 2 rings (SSSR count). The normalized spacial score (nSPS) is 17.1. The number of anilines is 1. The number of likely N-dealkylation sites (N-methyl/N-ethyl adjacent to an activating group) is 1. The fourth-order valence-electron chi connectivity index (χ4n) is 2.11. The zero-order valence-electron chi connectivity index (χ0n) is 11.7. The van der Waals surface area contributed by atoms with Gasteiger partial charge in [-0.25, -0.2) is 0 Å². The fraction of sp³-hybridized carbons (Fsp3) is 0.615. The molecule has 0 spiro atoms. The third kappa shape index (κ3) is 4.47. The molecule has 8 heteroatoms. The summed E-state index contributed by atoms with van der Waals surface area (Å²) in [4.78, 5) is 8.22. The van der Waals surface area contributed by atoms with E-state index >= 15 is 0 Å². The average Bonchev–Trinajstić information content (AvgIpc) is 2.45. The molecule has 1 N–H and O–H groups in total. The Hall–Kier alpha value is -1.54. The molecule has 1 aromatic heterocycles. The molecule has 21 heavy (non-hydrogen) atoms. The van der Waals surface area contributed by atoms with Gasteiger partial charge >= 0.3 is 6.18 Å². The lowest BCUT2D eigenvalue weighted by Gasteiger charge is -2.34. The molecule has 0 aromatic carbocycles. The molecule has 1 aliphatic heterocycles. The number of hydrogen-bond acceptors (Lipinski definition) is 5. The molecule has 0 atom stereocenters. The monoisotopic (exact) mass is 305 g/mol. The first-order chi connectivity index (χ1) is 9.89. The summed E-state index contributed by atoms with van der Waals surface area (Å²) in [6.07, 6.45) is -4.40. The Balaban J connectivity index is 2.14. The van der Waals surface area contributed by atoms with E-state index in [2.05, 4.69) is 14.6 Å². The van der Waals surface area contributed by atoms with Gasteiger partial charge in [0.2, 0.25) is 5.88 Å². The highest BCUT2D eigenvalue weighted by atomic mass is 19.4. The molecular weight excluding hydrogens is 287 g/mol. The molecule has 1 aliphatic rings. The van der Waals surface area contributed by atoms with Gasteiger partial charge in [-0.1, -0.05) is 0 Å². The average molecular weight is 305 g/mol. The predicted octanol–water partition coefficient (Wildman–Crippen LogP) is 1.27. The van der Waals surface area contributed by atoms with Crippen molar-refractivity contribution in [2.75, 3.05) is 44.7 Å². The summed E-state index contributed by atoms with van der Waals surface area (Å²) in [5, 5.41) is 9.35. The molecule has 0 bridgehead atoms. The Morgan fingerprint density at radius 3 is 2.48 bits per heavy atom. The molecule has 0 saturated carbocycles. The number of piperazine rings is 1. The number of halogens is 3. The number of aliphatic hydroxyl groups excluding tert-OH is 1. The van der Waals surface area contributed by atoms with E-state index in [1.54, 1.807) is 6.07 Å². The van der Waals surface area contributed by atoms with Gasteiger partial charge < -0.3 is 19.6 Å². The Morgan fingerprint density at radius 1 is 1.24 bits per heavy atom. The zero-order valence-corrected chi connectivity index (χ0v) is 11.7. The van der Waals surface area contributed by atoms with E-state index in [4.69, 9.17) is 0 Å². The molecule has 1 saturated heterocycles. The lowest BCUT2D eigenvalue weighted by Crippen LogP contribution is -2.45. The Morgan fingerprint density at radius 2 is 1.90 bits per heavy atom. The van der Waals surface area contributed by atoms with Crippen LogP contribution in [0.5, 0.6) is 5.88 Å². The van der Waals surface area contributed by atoms with Gasteiger partial charge in [0.25, 0.3) is 0 Å². The SMILES string of the molecule is CN1CCN(c2nc(OCC(F)(F)F)ccc2CO)CC1. The number of alkyl halides is 3. The molecule has 0 aliphatic carbocycles. The van der Waals surface area contributed by atoms with Crippen LogP contribution in [-0.4, -0.2) is 61.0 Å². The highest BCUT2D eigenvalue weighted by molar-refractivity contribution is 5.49. The van der Waals surface area contributed by atoms with Gasteiger partial charge in [0.15, 0.2) is 6.61 Å². The van der Waals surface area contributed by atoms with Gasteiger partial charge in [0.1, 0.15) is 5.82 Å². The van der Waals surface area contributed by atoms with Crippen LogP contribution in [0.1, 0.15) is 5.56 Å². The standard InChI is InChI=1S/C13H18F3N3O2/c1-18-4-6-19(7-5-18)12-10(8-20)2-3-11(17-12)21-9-13(14,15)16/h2-3,20H,4-9H2,1H3. The first-order valence-electron chi connectivity index (χ1n) is 6.63. The van der Waals surface area contributed by atoms with Crippen molar-refractivity contribution >= 4 is 5.82 Å². The minimum atomic E-state index is -4.40. The second kappa shape index (κ2) is 6.48. The maximum atomic E-state index is 12.2. The molecule has 0 amide bonds. The van der Waals surface area contributed by atoms with Crippen molar-refractivity contribution in [1.29, 1.82) is 0 Å². The van der Waals surface area contributed by atoms with Crippen LogP contribution in [0.4, 0.5) is 19.0 Å². The maximum Gasteiger partial charge on any atom is 0.422 e. The van der Waals surface area contributed by atoms with Gasteiger partial charge in [-0.2, -0.15) is 18.2 Å². The van der Waals surface area contributed by atoms with Gasteiger partial charge in [-0.3, -0.25) is 0 Å². The van der Waals surface area contributed by atoms with Gasteiger partial charge in [0, 0.05) is 37.8 Å². The molecule has 1 fully saturated rings. The minimum absolute atomic E-state index is 0.0848. The summed E-state index contributed by atoms with van der Waals surface area (Å²) in [6.45, 7) is 1.49. The van der Waals surface area contributed by atoms with Crippen molar-refractivity contribution in [3.05, 3.63) is 17.7 Å². The predicted molar refractivity (Wildman–Crippen MR) is 71.4 cm³/mol. The molecule has 0 radical (unpaired) electrons. The molecule has 5 nitrogen and oxygen atoms in total. The number of aliphatic hydroxyl groups is 1. The van der Waals surface area contributed by atoms with E-state index < -0.39 is 12.8 Å². The highest BCUT2D eigenvalue weighted by Crippen LogP contribution is 2.24. The number of pyridine rings is 1. The summed E-state index contributed by atoms with van der Waals surface area (Å²) in [5.74, 6) is 0.406. The summed E-state index contributed by atoms with van der Waals surface area (Å²) in [5.41, 5.74) is 0.582. The van der Waals surface area contributed by atoms with Crippen LogP contribution in [0, 0.1) is 0 Å². The zero-order chi connectivity index (χ0) is 15.5.